The number of rotatable bonds is 9. The molecule has 0 saturated heterocycles. The molecule has 0 radical (unpaired) electrons. The molecule has 0 spiro atoms. The van der Waals surface area contributed by atoms with Crippen molar-refractivity contribution in [3.05, 3.63) is 45.9 Å². The van der Waals surface area contributed by atoms with Crippen LogP contribution >= 0.6 is 0 Å². The lowest BCUT2D eigenvalue weighted by Gasteiger charge is -2.50. The SMILES string of the molecule is CN(C)[C@@H]1C(O)=C(C(N)=O)C(=O)[C@@]2(O)C(O)=C3C(=O)c4c(ccc(NC(=O)C(CCC(=O)O)NC5CC5)c4O)CC3CC12. The van der Waals surface area contributed by atoms with Gasteiger partial charge in [0.2, 0.25) is 11.7 Å². The number of hydrogen-bond acceptors (Lipinski definition) is 11. The summed E-state index contributed by atoms with van der Waals surface area (Å²) in [6.45, 7) is 0. The van der Waals surface area contributed by atoms with Crippen LogP contribution in [0, 0.1) is 11.8 Å². The molecule has 43 heavy (non-hydrogen) atoms. The number of carboxylic acid groups (broad SMARTS) is 1. The number of phenolic OH excluding ortho intramolecular Hbond substituents is 1. The molecule has 0 bridgehead atoms. The molecule has 5 atom stereocenters. The van der Waals surface area contributed by atoms with Gasteiger partial charge in [0.15, 0.2) is 17.1 Å². The molecule has 14 heteroatoms. The number of primary amides is 1. The molecule has 230 valence electrons. The molecule has 0 aromatic heterocycles. The summed E-state index contributed by atoms with van der Waals surface area (Å²) in [5.41, 5.74) is 1.43. The molecule has 3 unspecified atom stereocenters. The molecule has 5 rings (SSSR count). The van der Waals surface area contributed by atoms with E-state index in [1.165, 1.54) is 17.0 Å². The van der Waals surface area contributed by atoms with Gasteiger partial charge in [0.25, 0.3) is 5.91 Å². The Balaban J connectivity index is 1.51. The van der Waals surface area contributed by atoms with Gasteiger partial charge in [-0.1, -0.05) is 6.07 Å². The van der Waals surface area contributed by atoms with E-state index in [1.54, 1.807) is 14.1 Å². The maximum atomic E-state index is 13.8. The Morgan fingerprint density at radius 1 is 1.14 bits per heavy atom. The van der Waals surface area contributed by atoms with E-state index in [4.69, 9.17) is 10.8 Å². The van der Waals surface area contributed by atoms with Crippen molar-refractivity contribution in [2.24, 2.45) is 17.6 Å². The zero-order chi connectivity index (χ0) is 31.5. The van der Waals surface area contributed by atoms with Crippen LogP contribution in [0.5, 0.6) is 5.75 Å². The number of carboxylic acids is 1. The van der Waals surface area contributed by atoms with Crippen LogP contribution < -0.4 is 16.4 Å². The number of nitrogens with zero attached hydrogens (tertiary/aromatic N) is 1. The van der Waals surface area contributed by atoms with Crippen molar-refractivity contribution in [1.82, 2.24) is 10.2 Å². The minimum Gasteiger partial charge on any atom is -0.510 e. The lowest BCUT2D eigenvalue weighted by atomic mass is 9.58. The number of Topliss-reactive ketones (excluding diaryl/α,β-unsaturated/α-hetero) is 2. The van der Waals surface area contributed by atoms with Crippen molar-refractivity contribution in [2.75, 3.05) is 19.4 Å². The first-order valence-corrected chi connectivity index (χ1v) is 14.0. The molecule has 2 amide bonds. The number of aromatic hydroxyl groups is 1. The largest absolute Gasteiger partial charge is 0.510 e. The highest BCUT2D eigenvalue weighted by molar-refractivity contribution is 6.25. The maximum absolute atomic E-state index is 13.8. The summed E-state index contributed by atoms with van der Waals surface area (Å²) in [6.07, 6.45) is 1.50. The highest BCUT2D eigenvalue weighted by atomic mass is 16.4. The normalized spacial score (nSPS) is 27.4. The number of nitrogens with two attached hydrogens (primary N) is 1. The van der Waals surface area contributed by atoms with E-state index < -0.39 is 81.7 Å². The Morgan fingerprint density at radius 3 is 2.40 bits per heavy atom. The van der Waals surface area contributed by atoms with Gasteiger partial charge >= 0.3 is 5.97 Å². The second-order valence-electron chi connectivity index (χ2n) is 11.9. The third-order valence-corrected chi connectivity index (χ3v) is 8.83. The topological polar surface area (TPSA) is 240 Å². The number of aliphatic hydroxyl groups excluding tert-OH is 2. The van der Waals surface area contributed by atoms with Crippen LogP contribution in [0.4, 0.5) is 5.69 Å². The van der Waals surface area contributed by atoms with Crippen molar-refractivity contribution >= 4 is 35.0 Å². The molecule has 9 N–H and O–H groups in total. The second-order valence-corrected chi connectivity index (χ2v) is 11.9. The van der Waals surface area contributed by atoms with E-state index >= 15 is 0 Å². The summed E-state index contributed by atoms with van der Waals surface area (Å²) < 4.78 is 0. The lowest BCUT2D eigenvalue weighted by molar-refractivity contribution is -0.148. The number of aliphatic hydroxyl groups is 3. The van der Waals surface area contributed by atoms with Crippen LogP contribution in [0.2, 0.25) is 0 Å². The number of benzene rings is 1. The van der Waals surface area contributed by atoms with Gasteiger partial charge in [-0.2, -0.15) is 0 Å². The van der Waals surface area contributed by atoms with Crippen molar-refractivity contribution in [2.45, 2.75) is 62.3 Å². The number of aliphatic carboxylic acids is 1. The van der Waals surface area contributed by atoms with Gasteiger partial charge in [-0.05, 0) is 63.7 Å². The number of hydrogen-bond donors (Lipinski definition) is 8. The quantitative estimate of drug-likeness (QED) is 0.139. The van der Waals surface area contributed by atoms with Gasteiger partial charge in [0.05, 0.1) is 23.3 Å². The summed E-state index contributed by atoms with van der Waals surface area (Å²) >= 11 is 0. The molecular formula is C29H34N4O10. The highest BCUT2D eigenvalue weighted by Crippen LogP contribution is 2.52. The number of fused-ring (bicyclic) bond motifs is 3. The summed E-state index contributed by atoms with van der Waals surface area (Å²) in [5.74, 6) is -9.26. The van der Waals surface area contributed by atoms with E-state index in [1.807, 2.05) is 0 Å². The average molecular weight is 599 g/mol. The van der Waals surface area contributed by atoms with Gasteiger partial charge in [-0.15, -0.1) is 0 Å². The van der Waals surface area contributed by atoms with Crippen molar-refractivity contribution in [1.29, 1.82) is 0 Å². The fraction of sp³-hybridized carbons (Fsp3) is 0.483. The zero-order valence-corrected chi connectivity index (χ0v) is 23.6. The first-order chi connectivity index (χ1) is 20.2. The Bertz CT molecular complexity index is 1510. The molecule has 1 aromatic carbocycles. The third-order valence-electron chi connectivity index (χ3n) is 8.83. The summed E-state index contributed by atoms with van der Waals surface area (Å²) in [4.78, 5) is 65.0. The number of anilines is 1. The smallest absolute Gasteiger partial charge is 0.303 e. The van der Waals surface area contributed by atoms with Gasteiger partial charge in [0.1, 0.15) is 17.1 Å². The van der Waals surface area contributed by atoms with Gasteiger partial charge < -0.3 is 41.9 Å². The van der Waals surface area contributed by atoms with Crippen molar-refractivity contribution in [3.63, 3.8) is 0 Å². The number of allylic oxidation sites excluding steroid dienone is 1. The number of nitrogens with one attached hydrogen (secondary N) is 2. The van der Waals surface area contributed by atoms with E-state index in [-0.39, 0.29) is 48.5 Å². The van der Waals surface area contributed by atoms with E-state index in [0.717, 1.165) is 12.8 Å². The molecule has 14 nitrogen and oxygen atoms in total. The van der Waals surface area contributed by atoms with Gasteiger partial charge in [-0.3, -0.25) is 28.9 Å². The molecule has 4 aliphatic rings. The first-order valence-electron chi connectivity index (χ1n) is 14.0. The van der Waals surface area contributed by atoms with E-state index in [9.17, 15) is 44.4 Å². The molecule has 1 aromatic rings. The van der Waals surface area contributed by atoms with E-state index in [0.29, 0.717) is 5.56 Å². The number of ketones is 2. The van der Waals surface area contributed by atoms with Crippen LogP contribution in [0.3, 0.4) is 0 Å². The molecule has 1 saturated carbocycles. The Morgan fingerprint density at radius 2 is 1.81 bits per heavy atom. The minimum atomic E-state index is -2.75. The fourth-order valence-corrected chi connectivity index (χ4v) is 6.64. The standard InChI is InChI=1S/C29H34N4O10/c1-33(2)21-14-10-12-9-11-3-6-15(32-28(42)16(7-8-17(34)35)31-13-4-5-13)22(36)18(11)23(37)19(12)25(39)29(14,43)26(40)20(24(21)38)27(30)41/h3,6,12-14,16,21,31,36,38-39,43H,4-5,7-10H2,1-2H3,(H2,30,41)(H,32,42)(H,34,35)/t12?,14?,16?,21-,29-/m0/s1. The molecule has 4 aliphatic carbocycles. The number of likely N-dealkylation sites (N-methyl/N-ethyl adjacent to an activating group) is 1. The van der Waals surface area contributed by atoms with E-state index in [2.05, 4.69) is 10.6 Å². The summed E-state index contributed by atoms with van der Waals surface area (Å²) in [5, 5.41) is 59.8. The Hall–Kier alpha value is -4.27. The first kappa shape index (κ1) is 30.2. The molecule has 0 heterocycles. The Labute approximate surface area is 245 Å². The van der Waals surface area contributed by atoms with Crippen LogP contribution in [-0.4, -0.2) is 97.6 Å². The van der Waals surface area contributed by atoms with Crippen LogP contribution in [0.1, 0.15) is 48.0 Å². The fourth-order valence-electron chi connectivity index (χ4n) is 6.64. The predicted octanol–water partition coefficient (Wildman–Crippen LogP) is 0.0445. The highest BCUT2D eigenvalue weighted by Gasteiger charge is 2.63. The monoisotopic (exact) mass is 598 g/mol. The number of carbonyl (C=O) groups is 5. The number of carbonyl (C=O) groups excluding carboxylic acids is 4. The third kappa shape index (κ3) is 4.94. The average Bonchev–Trinajstić information content (AvgIpc) is 3.74. The summed E-state index contributed by atoms with van der Waals surface area (Å²) in [7, 11) is 3.10. The second kappa shape index (κ2) is 10.8. The summed E-state index contributed by atoms with van der Waals surface area (Å²) in [6, 6.07) is 1.09. The predicted molar refractivity (Wildman–Crippen MR) is 149 cm³/mol. The lowest BCUT2D eigenvalue weighted by Crippen LogP contribution is -2.63. The molecule has 1 fully saturated rings. The van der Waals surface area contributed by atoms with Crippen molar-refractivity contribution < 1.29 is 49.5 Å². The van der Waals surface area contributed by atoms with Crippen LogP contribution in [-0.2, 0) is 25.6 Å². The minimum absolute atomic E-state index is 0.00372. The van der Waals surface area contributed by atoms with Crippen LogP contribution in [0.15, 0.2) is 34.8 Å². The zero-order valence-electron chi connectivity index (χ0n) is 23.6. The molecular weight excluding hydrogens is 564 g/mol. The van der Waals surface area contributed by atoms with Gasteiger partial charge in [-0.25, -0.2) is 0 Å². The maximum Gasteiger partial charge on any atom is 0.303 e. The number of amides is 2. The van der Waals surface area contributed by atoms with Crippen LogP contribution in [0.25, 0.3) is 0 Å². The Kier molecular flexibility index (Phi) is 7.57. The van der Waals surface area contributed by atoms with Crippen molar-refractivity contribution in [3.8, 4) is 5.75 Å². The van der Waals surface area contributed by atoms with Gasteiger partial charge in [0, 0.05) is 24.0 Å². The molecule has 0 aliphatic heterocycles. The number of phenols is 1.